The standard InChI is InChI=1S/C29H25Cl2FN4O4S/c1-2-41(38,39)21-7-8-24-18(13-21)9-12-36(24)16-25(37)33-20-14-22(30)26(23(31)15-20)29(10-11-29)28-34-27(40-35-28)17-3-5-19(32)6-4-17/h3-8,13-15H,2,9-12,16H2,1H3,(H,33,37). The highest BCUT2D eigenvalue weighted by Crippen LogP contribution is 2.57. The Bertz CT molecular complexity index is 1750. The van der Waals surface area contributed by atoms with Gasteiger partial charge in [0.1, 0.15) is 5.82 Å². The van der Waals surface area contributed by atoms with Crippen LogP contribution in [0.3, 0.4) is 0 Å². The molecule has 12 heteroatoms. The molecule has 1 N–H and O–H groups in total. The molecule has 2 heterocycles. The summed E-state index contributed by atoms with van der Waals surface area (Å²) in [5, 5.41) is 7.78. The summed E-state index contributed by atoms with van der Waals surface area (Å²) in [7, 11) is -3.30. The van der Waals surface area contributed by atoms with E-state index in [1.807, 2.05) is 4.90 Å². The molecule has 8 nitrogen and oxygen atoms in total. The molecule has 1 saturated carbocycles. The van der Waals surface area contributed by atoms with Gasteiger partial charge in [-0.25, -0.2) is 12.8 Å². The number of nitrogens with zero attached hydrogens (tertiary/aromatic N) is 3. The predicted molar refractivity (Wildman–Crippen MR) is 155 cm³/mol. The summed E-state index contributed by atoms with van der Waals surface area (Å²) in [5.74, 6) is 0.136. The smallest absolute Gasteiger partial charge is 0.257 e. The molecular weight excluding hydrogens is 590 g/mol. The number of nitrogens with one attached hydrogen (secondary N) is 1. The Labute approximate surface area is 246 Å². The molecule has 1 fully saturated rings. The first kappa shape index (κ1) is 27.7. The van der Waals surface area contributed by atoms with E-state index in [0.29, 0.717) is 50.5 Å². The van der Waals surface area contributed by atoms with Crippen molar-refractivity contribution < 1.29 is 22.1 Å². The fourth-order valence-corrected chi connectivity index (χ4v) is 7.06. The third-order valence-corrected chi connectivity index (χ3v) is 9.94. The van der Waals surface area contributed by atoms with Gasteiger partial charge in [-0.2, -0.15) is 4.98 Å². The van der Waals surface area contributed by atoms with Gasteiger partial charge in [0.25, 0.3) is 5.89 Å². The van der Waals surface area contributed by atoms with Crippen molar-refractivity contribution >= 4 is 50.3 Å². The van der Waals surface area contributed by atoms with E-state index < -0.39 is 15.3 Å². The van der Waals surface area contributed by atoms with Gasteiger partial charge in [-0.15, -0.1) is 0 Å². The number of aromatic nitrogens is 2. The number of halogens is 3. The Morgan fingerprint density at radius 3 is 2.46 bits per heavy atom. The Hall–Kier alpha value is -3.47. The molecule has 1 aliphatic heterocycles. The number of anilines is 2. The summed E-state index contributed by atoms with van der Waals surface area (Å²) >= 11 is 13.4. The van der Waals surface area contributed by atoms with Crippen molar-refractivity contribution in [2.45, 2.75) is 36.5 Å². The summed E-state index contributed by atoms with van der Waals surface area (Å²) in [6, 6.07) is 14.1. The maximum Gasteiger partial charge on any atom is 0.257 e. The molecule has 41 heavy (non-hydrogen) atoms. The van der Waals surface area contributed by atoms with Crippen LogP contribution in [0.1, 0.15) is 36.7 Å². The molecule has 4 aromatic rings. The fourth-order valence-electron chi connectivity index (χ4n) is 5.29. The van der Waals surface area contributed by atoms with Gasteiger partial charge in [0, 0.05) is 39.1 Å². The Kier molecular flexibility index (Phi) is 7.04. The van der Waals surface area contributed by atoms with Gasteiger partial charge in [0.15, 0.2) is 15.7 Å². The molecule has 1 aliphatic carbocycles. The quantitative estimate of drug-likeness (QED) is 0.257. The van der Waals surface area contributed by atoms with E-state index in [2.05, 4.69) is 15.5 Å². The van der Waals surface area contributed by atoms with Gasteiger partial charge >= 0.3 is 0 Å². The lowest BCUT2D eigenvalue weighted by molar-refractivity contribution is -0.115. The number of amides is 1. The number of hydrogen-bond donors (Lipinski definition) is 1. The second kappa shape index (κ2) is 10.4. The summed E-state index contributed by atoms with van der Waals surface area (Å²) in [6.45, 7) is 2.31. The number of carbonyl (C=O) groups excluding carboxylic acids is 1. The van der Waals surface area contributed by atoms with Crippen molar-refractivity contribution in [1.82, 2.24) is 10.1 Å². The lowest BCUT2D eigenvalue weighted by Gasteiger charge is -2.20. The number of sulfone groups is 1. The van der Waals surface area contributed by atoms with Crippen LogP contribution >= 0.6 is 23.2 Å². The Morgan fingerprint density at radius 1 is 1.10 bits per heavy atom. The Morgan fingerprint density at radius 2 is 1.80 bits per heavy atom. The largest absolute Gasteiger partial charge is 0.362 e. The highest BCUT2D eigenvalue weighted by atomic mass is 35.5. The van der Waals surface area contributed by atoms with Crippen molar-refractivity contribution in [3.8, 4) is 11.5 Å². The van der Waals surface area contributed by atoms with Crippen LogP contribution < -0.4 is 10.2 Å². The van der Waals surface area contributed by atoms with Crippen LogP contribution in [0.2, 0.25) is 10.0 Å². The van der Waals surface area contributed by atoms with Crippen LogP contribution in [-0.2, 0) is 26.5 Å². The van der Waals surface area contributed by atoms with E-state index in [4.69, 9.17) is 27.7 Å². The van der Waals surface area contributed by atoms with Crippen molar-refractivity contribution in [2.24, 2.45) is 0 Å². The molecule has 3 aromatic carbocycles. The minimum absolute atomic E-state index is 0.0368. The second-order valence-corrected chi connectivity index (χ2v) is 13.3. The zero-order valence-corrected chi connectivity index (χ0v) is 24.3. The van der Waals surface area contributed by atoms with Gasteiger partial charge in [-0.05, 0) is 79.4 Å². The molecule has 6 rings (SSSR count). The van der Waals surface area contributed by atoms with Crippen LogP contribution in [0.5, 0.6) is 0 Å². The second-order valence-electron chi connectivity index (χ2n) is 10.2. The SMILES string of the molecule is CCS(=O)(=O)c1ccc2c(c1)CCN2CC(=O)Nc1cc(Cl)c(C2(c3noc(-c4ccc(F)cc4)n3)CC2)c(Cl)c1. The lowest BCUT2D eigenvalue weighted by atomic mass is 9.94. The molecule has 0 unspecified atom stereocenters. The van der Waals surface area contributed by atoms with Gasteiger partial charge in [-0.3, -0.25) is 4.79 Å². The molecule has 0 atom stereocenters. The predicted octanol–water partition coefficient (Wildman–Crippen LogP) is 6.06. The molecule has 1 amide bonds. The number of rotatable bonds is 8. The average molecular weight is 616 g/mol. The van der Waals surface area contributed by atoms with Crippen molar-refractivity contribution in [3.05, 3.63) is 87.4 Å². The minimum atomic E-state index is -3.30. The van der Waals surface area contributed by atoms with Crippen molar-refractivity contribution in [2.75, 3.05) is 29.1 Å². The van der Waals surface area contributed by atoms with E-state index in [-0.39, 0.29) is 29.9 Å². The first-order valence-electron chi connectivity index (χ1n) is 13.1. The normalized spacial score (nSPS) is 15.6. The minimum Gasteiger partial charge on any atom is -0.362 e. The molecule has 1 aromatic heterocycles. The molecular formula is C29H25Cl2FN4O4S. The third kappa shape index (κ3) is 5.20. The molecule has 212 valence electrons. The van der Waals surface area contributed by atoms with Gasteiger partial charge in [0.2, 0.25) is 5.91 Å². The lowest BCUT2D eigenvalue weighted by Crippen LogP contribution is -2.31. The first-order valence-corrected chi connectivity index (χ1v) is 15.5. The molecule has 0 radical (unpaired) electrons. The number of carbonyl (C=O) groups is 1. The summed E-state index contributed by atoms with van der Waals surface area (Å²) in [6.07, 6.45) is 2.09. The monoisotopic (exact) mass is 614 g/mol. The molecule has 0 bridgehead atoms. The number of hydrogen-bond acceptors (Lipinski definition) is 7. The zero-order chi connectivity index (χ0) is 28.9. The van der Waals surface area contributed by atoms with Crippen LogP contribution in [0.15, 0.2) is 64.0 Å². The molecule has 2 aliphatic rings. The molecule has 0 spiro atoms. The first-order chi connectivity index (χ1) is 19.6. The topological polar surface area (TPSA) is 105 Å². The average Bonchev–Trinajstić information content (AvgIpc) is 3.38. The van der Waals surface area contributed by atoms with E-state index in [9.17, 15) is 17.6 Å². The van der Waals surface area contributed by atoms with Gasteiger partial charge in [0.05, 0.1) is 22.6 Å². The van der Waals surface area contributed by atoms with E-state index >= 15 is 0 Å². The van der Waals surface area contributed by atoms with Crippen LogP contribution in [0, 0.1) is 5.82 Å². The van der Waals surface area contributed by atoms with Crippen LogP contribution in [-0.4, -0.2) is 43.3 Å². The highest BCUT2D eigenvalue weighted by molar-refractivity contribution is 7.91. The zero-order valence-electron chi connectivity index (χ0n) is 22.0. The maximum absolute atomic E-state index is 13.3. The van der Waals surface area contributed by atoms with E-state index in [1.165, 1.54) is 12.1 Å². The Balaban J connectivity index is 1.17. The van der Waals surface area contributed by atoms with Crippen molar-refractivity contribution in [1.29, 1.82) is 0 Å². The van der Waals surface area contributed by atoms with Crippen LogP contribution in [0.25, 0.3) is 11.5 Å². The molecule has 0 saturated heterocycles. The summed E-state index contributed by atoms with van der Waals surface area (Å²) in [4.78, 5) is 19.7. The third-order valence-electron chi connectivity index (χ3n) is 7.62. The van der Waals surface area contributed by atoms with E-state index in [0.717, 1.165) is 24.1 Å². The highest BCUT2D eigenvalue weighted by Gasteiger charge is 2.52. The number of benzene rings is 3. The van der Waals surface area contributed by atoms with Crippen LogP contribution in [0.4, 0.5) is 15.8 Å². The van der Waals surface area contributed by atoms with Crippen molar-refractivity contribution in [3.63, 3.8) is 0 Å². The van der Waals surface area contributed by atoms with Gasteiger partial charge < -0.3 is 14.7 Å². The van der Waals surface area contributed by atoms with Gasteiger partial charge in [-0.1, -0.05) is 35.3 Å². The fraction of sp³-hybridized carbons (Fsp3) is 0.276. The summed E-state index contributed by atoms with van der Waals surface area (Å²) in [5.41, 5.74) is 2.86. The maximum atomic E-state index is 13.3. The van der Waals surface area contributed by atoms with E-state index in [1.54, 1.807) is 49.4 Å². The number of fused-ring (bicyclic) bond motifs is 1. The summed E-state index contributed by atoms with van der Waals surface area (Å²) < 4.78 is 43.2.